The smallest absolute Gasteiger partial charge is 0.134 e. The molecule has 0 spiro atoms. The van der Waals surface area contributed by atoms with Gasteiger partial charge in [-0.3, -0.25) is 0 Å². The van der Waals surface area contributed by atoms with Crippen molar-refractivity contribution in [3.05, 3.63) is 29.6 Å². The minimum Gasteiger partial charge on any atom is -0.495 e. The SMILES string of the molecule is CCCCCC#Cc1cc(F)ccc1OC. The van der Waals surface area contributed by atoms with E-state index < -0.39 is 0 Å². The zero-order chi connectivity index (χ0) is 11.8. The first-order chi connectivity index (χ1) is 7.77. The molecule has 1 aromatic rings. The van der Waals surface area contributed by atoms with Crippen molar-refractivity contribution in [2.45, 2.75) is 32.6 Å². The fraction of sp³-hybridized carbons (Fsp3) is 0.429. The normalized spacial score (nSPS) is 9.44. The number of benzene rings is 1. The maximum absolute atomic E-state index is 13.0. The van der Waals surface area contributed by atoms with E-state index in [2.05, 4.69) is 18.8 Å². The summed E-state index contributed by atoms with van der Waals surface area (Å²) in [5, 5.41) is 0. The second-order valence-electron chi connectivity index (χ2n) is 3.60. The lowest BCUT2D eigenvalue weighted by Crippen LogP contribution is -1.88. The van der Waals surface area contributed by atoms with Crippen LogP contribution in [0.5, 0.6) is 5.75 Å². The molecule has 0 unspecified atom stereocenters. The van der Waals surface area contributed by atoms with Gasteiger partial charge in [0, 0.05) is 6.42 Å². The van der Waals surface area contributed by atoms with Gasteiger partial charge in [-0.15, -0.1) is 0 Å². The Bertz CT molecular complexity index is 387. The summed E-state index contributed by atoms with van der Waals surface area (Å²) < 4.78 is 18.1. The predicted octanol–water partition coefficient (Wildman–Crippen LogP) is 3.77. The molecule has 0 saturated carbocycles. The fourth-order valence-electron chi connectivity index (χ4n) is 1.40. The van der Waals surface area contributed by atoms with Crippen LogP contribution in [0.25, 0.3) is 0 Å². The van der Waals surface area contributed by atoms with Gasteiger partial charge in [-0.2, -0.15) is 0 Å². The van der Waals surface area contributed by atoms with Crippen LogP contribution in [0.15, 0.2) is 18.2 Å². The van der Waals surface area contributed by atoms with E-state index in [9.17, 15) is 4.39 Å². The van der Waals surface area contributed by atoms with Crippen LogP contribution in [0.3, 0.4) is 0 Å². The highest BCUT2D eigenvalue weighted by Crippen LogP contribution is 2.17. The van der Waals surface area contributed by atoms with E-state index >= 15 is 0 Å². The molecular formula is C14H17FO. The number of unbranched alkanes of at least 4 members (excludes halogenated alkanes) is 3. The van der Waals surface area contributed by atoms with E-state index in [1.54, 1.807) is 13.2 Å². The summed E-state index contributed by atoms with van der Waals surface area (Å²) in [6.45, 7) is 2.16. The summed E-state index contributed by atoms with van der Waals surface area (Å²) in [6.07, 6.45) is 4.33. The van der Waals surface area contributed by atoms with Crippen molar-refractivity contribution in [2.24, 2.45) is 0 Å². The Hall–Kier alpha value is -1.49. The van der Waals surface area contributed by atoms with Crippen LogP contribution < -0.4 is 4.74 Å². The Morgan fingerprint density at radius 2 is 2.12 bits per heavy atom. The number of halogens is 1. The average molecular weight is 220 g/mol. The maximum atomic E-state index is 13.0. The van der Waals surface area contributed by atoms with E-state index in [4.69, 9.17) is 4.74 Å². The van der Waals surface area contributed by atoms with Crippen molar-refractivity contribution >= 4 is 0 Å². The predicted molar refractivity (Wildman–Crippen MR) is 64.0 cm³/mol. The van der Waals surface area contributed by atoms with Crippen molar-refractivity contribution in [3.8, 4) is 17.6 Å². The zero-order valence-corrected chi connectivity index (χ0v) is 9.85. The molecule has 0 amide bonds. The second kappa shape index (κ2) is 6.90. The minimum atomic E-state index is -0.279. The van der Waals surface area contributed by atoms with Crippen LogP contribution in [-0.4, -0.2) is 7.11 Å². The van der Waals surface area contributed by atoms with E-state index in [1.165, 1.54) is 25.0 Å². The van der Waals surface area contributed by atoms with Gasteiger partial charge in [-0.25, -0.2) is 4.39 Å². The van der Waals surface area contributed by atoms with Gasteiger partial charge in [-0.1, -0.05) is 31.6 Å². The van der Waals surface area contributed by atoms with E-state index in [1.807, 2.05) is 0 Å². The van der Waals surface area contributed by atoms with Crippen LogP contribution in [0.4, 0.5) is 4.39 Å². The van der Waals surface area contributed by atoms with Crippen LogP contribution >= 0.6 is 0 Å². The van der Waals surface area contributed by atoms with Crippen LogP contribution in [0.2, 0.25) is 0 Å². The molecule has 0 radical (unpaired) electrons. The highest BCUT2D eigenvalue weighted by molar-refractivity contribution is 5.46. The molecule has 0 aliphatic heterocycles. The first-order valence-corrected chi connectivity index (χ1v) is 5.60. The zero-order valence-electron chi connectivity index (χ0n) is 9.85. The molecule has 0 aliphatic rings. The van der Waals surface area contributed by atoms with Gasteiger partial charge in [0.2, 0.25) is 0 Å². The number of hydrogen-bond acceptors (Lipinski definition) is 1. The van der Waals surface area contributed by atoms with Crippen LogP contribution in [0, 0.1) is 17.7 Å². The van der Waals surface area contributed by atoms with Gasteiger partial charge in [-0.05, 0) is 24.6 Å². The Balaban J connectivity index is 2.67. The Kier molecular flexibility index (Phi) is 5.42. The lowest BCUT2D eigenvalue weighted by atomic mass is 10.1. The van der Waals surface area contributed by atoms with Gasteiger partial charge >= 0.3 is 0 Å². The number of hydrogen-bond donors (Lipinski definition) is 0. The van der Waals surface area contributed by atoms with Crippen molar-refractivity contribution < 1.29 is 9.13 Å². The monoisotopic (exact) mass is 220 g/mol. The van der Waals surface area contributed by atoms with E-state index in [0.717, 1.165) is 12.8 Å². The highest BCUT2D eigenvalue weighted by atomic mass is 19.1. The molecule has 16 heavy (non-hydrogen) atoms. The van der Waals surface area contributed by atoms with E-state index in [0.29, 0.717) is 11.3 Å². The summed E-state index contributed by atoms with van der Waals surface area (Å²) >= 11 is 0. The third-order valence-electron chi connectivity index (χ3n) is 2.29. The van der Waals surface area contributed by atoms with Crippen LogP contribution in [-0.2, 0) is 0 Å². The standard InChI is InChI=1S/C14H17FO/c1-3-4-5-6-7-8-12-11-13(15)9-10-14(12)16-2/h9-11H,3-6H2,1-2H3. The topological polar surface area (TPSA) is 9.23 Å². The Labute approximate surface area is 96.6 Å². The Morgan fingerprint density at radius 3 is 2.81 bits per heavy atom. The van der Waals surface area contributed by atoms with Gasteiger partial charge in [0.05, 0.1) is 12.7 Å². The molecule has 0 atom stereocenters. The lowest BCUT2D eigenvalue weighted by molar-refractivity contribution is 0.412. The molecule has 0 fully saturated rings. The molecule has 1 rings (SSSR count). The van der Waals surface area contributed by atoms with Crippen LogP contribution in [0.1, 0.15) is 38.2 Å². The first kappa shape index (κ1) is 12.6. The summed E-state index contributed by atoms with van der Waals surface area (Å²) in [7, 11) is 1.56. The molecule has 0 aliphatic carbocycles. The summed E-state index contributed by atoms with van der Waals surface area (Å²) in [5.41, 5.74) is 0.624. The average Bonchev–Trinajstić information content (AvgIpc) is 2.29. The van der Waals surface area contributed by atoms with Crippen molar-refractivity contribution in [3.63, 3.8) is 0 Å². The summed E-state index contributed by atoms with van der Waals surface area (Å²) in [5.74, 6) is 6.34. The molecule has 0 bridgehead atoms. The summed E-state index contributed by atoms with van der Waals surface area (Å²) in [4.78, 5) is 0. The maximum Gasteiger partial charge on any atom is 0.134 e. The quantitative estimate of drug-likeness (QED) is 0.554. The largest absolute Gasteiger partial charge is 0.495 e. The third-order valence-corrected chi connectivity index (χ3v) is 2.29. The fourth-order valence-corrected chi connectivity index (χ4v) is 1.40. The first-order valence-electron chi connectivity index (χ1n) is 5.60. The summed E-state index contributed by atoms with van der Waals surface area (Å²) in [6, 6.07) is 4.39. The second-order valence-corrected chi connectivity index (χ2v) is 3.60. The lowest BCUT2D eigenvalue weighted by Gasteiger charge is -2.02. The van der Waals surface area contributed by atoms with Crippen molar-refractivity contribution in [1.82, 2.24) is 0 Å². The van der Waals surface area contributed by atoms with Gasteiger partial charge in [0.1, 0.15) is 11.6 Å². The van der Waals surface area contributed by atoms with Gasteiger partial charge < -0.3 is 4.74 Å². The van der Waals surface area contributed by atoms with Crippen molar-refractivity contribution in [2.75, 3.05) is 7.11 Å². The molecule has 86 valence electrons. The third kappa shape index (κ3) is 3.94. The van der Waals surface area contributed by atoms with Crippen molar-refractivity contribution in [1.29, 1.82) is 0 Å². The molecule has 1 nitrogen and oxygen atoms in total. The molecule has 0 N–H and O–H groups in total. The number of ether oxygens (including phenoxy) is 1. The molecule has 0 heterocycles. The highest BCUT2D eigenvalue weighted by Gasteiger charge is 2.00. The van der Waals surface area contributed by atoms with Gasteiger partial charge in [0.15, 0.2) is 0 Å². The minimum absolute atomic E-state index is 0.279. The molecular weight excluding hydrogens is 203 g/mol. The number of rotatable bonds is 4. The molecule has 0 aromatic heterocycles. The molecule has 2 heteroatoms. The molecule has 0 saturated heterocycles. The van der Waals surface area contributed by atoms with E-state index in [-0.39, 0.29) is 5.82 Å². The number of methoxy groups -OCH3 is 1. The van der Waals surface area contributed by atoms with Gasteiger partial charge in [0.25, 0.3) is 0 Å². The Morgan fingerprint density at radius 1 is 1.31 bits per heavy atom. The molecule has 1 aromatic carbocycles.